The third-order valence-electron chi connectivity index (χ3n) is 6.89. The van der Waals surface area contributed by atoms with E-state index in [1.54, 1.807) is 12.1 Å². The van der Waals surface area contributed by atoms with Crippen molar-refractivity contribution < 1.29 is 36.3 Å². The summed E-state index contributed by atoms with van der Waals surface area (Å²) in [6.07, 6.45) is 0.0771. The van der Waals surface area contributed by atoms with E-state index in [0.717, 1.165) is 22.3 Å². The molecule has 0 aliphatic carbocycles. The minimum absolute atomic E-state index is 0.0270. The van der Waals surface area contributed by atoms with Crippen LogP contribution in [0.2, 0.25) is 0 Å². The molecule has 0 radical (unpaired) electrons. The molecule has 45 heavy (non-hydrogen) atoms. The number of methoxy groups -OCH3 is 1. The highest BCUT2D eigenvalue weighted by atomic mass is 32.2. The molecule has 0 fully saturated rings. The molecule has 0 heterocycles. The molecule has 8 nitrogen and oxygen atoms in total. The SMILES string of the molecule is COC(=O)/C=C\[C@@H](OCc1ccccc1)[C@H](OCc1ccccc1)[C@@H](COS(=O)(=O)c1ccc(C)cc1)OCc1ccccc1. The monoisotopic (exact) mass is 630 g/mol. The Morgan fingerprint density at radius 1 is 0.689 bits per heavy atom. The molecule has 0 aliphatic rings. The van der Waals surface area contributed by atoms with Crippen LogP contribution in [0.5, 0.6) is 0 Å². The predicted octanol–water partition coefficient (Wildman–Crippen LogP) is 6.19. The van der Waals surface area contributed by atoms with Gasteiger partial charge in [-0.1, -0.05) is 109 Å². The smallest absolute Gasteiger partial charge is 0.330 e. The Hall–Kier alpha value is -4.12. The van der Waals surface area contributed by atoms with Crippen LogP contribution in [0.3, 0.4) is 0 Å². The molecule has 236 valence electrons. The summed E-state index contributed by atoms with van der Waals surface area (Å²) in [7, 11) is -2.85. The number of hydrogen-bond acceptors (Lipinski definition) is 8. The van der Waals surface area contributed by atoms with Gasteiger partial charge >= 0.3 is 5.97 Å². The summed E-state index contributed by atoms with van der Waals surface area (Å²) in [5.74, 6) is -0.579. The standard InChI is InChI=1S/C36H38O8S/c1-28-18-20-32(21-19-28)45(38,39)44-27-34(42-25-30-14-8-4-9-15-30)36(43-26-31-16-10-5-11-17-31)33(22-23-35(37)40-2)41-24-29-12-6-3-7-13-29/h3-23,33-34,36H,24-27H2,1-2H3/b23-22-/t33-,34-,36+/m1/s1. The first-order valence-electron chi connectivity index (χ1n) is 14.5. The summed E-state index contributed by atoms with van der Waals surface area (Å²) < 4.78 is 56.0. The minimum atomic E-state index is -4.13. The molecule has 0 aliphatic heterocycles. The number of carbonyl (C=O) groups excluding carboxylic acids is 1. The quantitative estimate of drug-likeness (QED) is 0.0775. The molecular formula is C36H38O8S. The molecule has 0 saturated carbocycles. The van der Waals surface area contributed by atoms with Crippen molar-refractivity contribution in [2.24, 2.45) is 0 Å². The Balaban J connectivity index is 1.68. The molecule has 0 spiro atoms. The van der Waals surface area contributed by atoms with Gasteiger partial charge in [-0.15, -0.1) is 0 Å². The topological polar surface area (TPSA) is 97.4 Å². The maximum absolute atomic E-state index is 13.2. The molecule has 0 unspecified atom stereocenters. The van der Waals surface area contributed by atoms with Crippen molar-refractivity contribution in [1.29, 1.82) is 0 Å². The first kappa shape index (κ1) is 33.8. The number of carbonyl (C=O) groups is 1. The van der Waals surface area contributed by atoms with Crippen molar-refractivity contribution in [3.8, 4) is 0 Å². The first-order valence-corrected chi connectivity index (χ1v) is 15.9. The van der Waals surface area contributed by atoms with Gasteiger partial charge in [0, 0.05) is 6.08 Å². The van der Waals surface area contributed by atoms with Crippen molar-refractivity contribution >= 4 is 16.1 Å². The van der Waals surface area contributed by atoms with Crippen molar-refractivity contribution in [1.82, 2.24) is 0 Å². The van der Waals surface area contributed by atoms with Gasteiger partial charge in [0.25, 0.3) is 10.1 Å². The molecule has 4 aromatic carbocycles. The van der Waals surface area contributed by atoms with Gasteiger partial charge in [-0.25, -0.2) is 4.79 Å². The summed E-state index contributed by atoms with van der Waals surface area (Å²) in [6.45, 7) is 2.00. The molecule has 0 saturated heterocycles. The van der Waals surface area contributed by atoms with Gasteiger partial charge in [-0.3, -0.25) is 4.18 Å². The van der Waals surface area contributed by atoms with Crippen LogP contribution in [-0.4, -0.2) is 46.4 Å². The van der Waals surface area contributed by atoms with Crippen molar-refractivity contribution in [2.75, 3.05) is 13.7 Å². The summed E-state index contributed by atoms with van der Waals surface area (Å²) in [4.78, 5) is 12.2. The van der Waals surface area contributed by atoms with Crippen molar-refractivity contribution in [2.45, 2.75) is 50.0 Å². The fourth-order valence-electron chi connectivity index (χ4n) is 4.39. The summed E-state index contributed by atoms with van der Waals surface area (Å²) in [5, 5.41) is 0. The van der Waals surface area contributed by atoms with Gasteiger partial charge in [0.15, 0.2) is 0 Å². The molecule has 0 amide bonds. The lowest BCUT2D eigenvalue weighted by Gasteiger charge is -2.32. The fourth-order valence-corrected chi connectivity index (χ4v) is 5.31. The van der Waals surface area contributed by atoms with Crippen LogP contribution in [-0.2, 0) is 57.9 Å². The molecule has 4 aromatic rings. The molecule has 0 bridgehead atoms. The number of benzene rings is 4. The maximum atomic E-state index is 13.2. The third-order valence-corrected chi connectivity index (χ3v) is 8.18. The lowest BCUT2D eigenvalue weighted by atomic mass is 10.1. The highest BCUT2D eigenvalue weighted by molar-refractivity contribution is 7.86. The van der Waals surface area contributed by atoms with Crippen LogP contribution in [0.15, 0.2) is 132 Å². The average molecular weight is 631 g/mol. The molecule has 3 atom stereocenters. The predicted molar refractivity (Wildman–Crippen MR) is 171 cm³/mol. The van der Waals surface area contributed by atoms with E-state index in [9.17, 15) is 13.2 Å². The van der Waals surface area contributed by atoms with Crippen LogP contribution in [0.4, 0.5) is 0 Å². The van der Waals surface area contributed by atoms with Gasteiger partial charge in [0.05, 0.1) is 38.4 Å². The maximum Gasteiger partial charge on any atom is 0.330 e. The van der Waals surface area contributed by atoms with Crippen LogP contribution in [0, 0.1) is 6.92 Å². The van der Waals surface area contributed by atoms with Crippen LogP contribution in [0.25, 0.3) is 0 Å². The van der Waals surface area contributed by atoms with Crippen molar-refractivity contribution in [3.63, 3.8) is 0 Å². The summed E-state index contributed by atoms with van der Waals surface area (Å²) >= 11 is 0. The van der Waals surface area contributed by atoms with Gasteiger partial charge in [-0.05, 0) is 41.8 Å². The van der Waals surface area contributed by atoms with Crippen LogP contribution in [0.1, 0.15) is 22.3 Å². The van der Waals surface area contributed by atoms with Crippen LogP contribution < -0.4 is 0 Å². The fraction of sp³-hybridized carbons (Fsp3) is 0.250. The Labute approximate surface area is 265 Å². The Morgan fingerprint density at radius 2 is 1.18 bits per heavy atom. The van der Waals surface area contributed by atoms with Gasteiger partial charge < -0.3 is 18.9 Å². The van der Waals surface area contributed by atoms with Gasteiger partial charge in [0.2, 0.25) is 0 Å². The molecule has 9 heteroatoms. The number of rotatable bonds is 17. The largest absolute Gasteiger partial charge is 0.466 e. The zero-order valence-corrected chi connectivity index (χ0v) is 26.2. The first-order chi connectivity index (χ1) is 21.8. The third kappa shape index (κ3) is 11.1. The second-order valence-corrected chi connectivity index (χ2v) is 11.9. The summed E-state index contributed by atoms with van der Waals surface area (Å²) in [6, 6.07) is 35.0. The van der Waals surface area contributed by atoms with E-state index in [0.29, 0.717) is 0 Å². The normalized spacial score (nSPS) is 13.7. The average Bonchev–Trinajstić information content (AvgIpc) is 3.07. The lowest BCUT2D eigenvalue weighted by Crippen LogP contribution is -2.44. The molecular weight excluding hydrogens is 592 g/mol. The van der Waals surface area contributed by atoms with Crippen LogP contribution >= 0.6 is 0 Å². The van der Waals surface area contributed by atoms with Gasteiger partial charge in [-0.2, -0.15) is 8.42 Å². The van der Waals surface area contributed by atoms with E-state index in [4.69, 9.17) is 23.1 Å². The van der Waals surface area contributed by atoms with E-state index in [-0.39, 0.29) is 31.3 Å². The van der Waals surface area contributed by atoms with Gasteiger partial charge in [0.1, 0.15) is 18.3 Å². The van der Waals surface area contributed by atoms with E-state index >= 15 is 0 Å². The van der Waals surface area contributed by atoms with E-state index in [1.807, 2.05) is 97.9 Å². The summed E-state index contributed by atoms with van der Waals surface area (Å²) in [5.41, 5.74) is 3.58. The highest BCUT2D eigenvalue weighted by Crippen LogP contribution is 2.22. The van der Waals surface area contributed by atoms with E-state index in [1.165, 1.54) is 31.4 Å². The zero-order valence-electron chi connectivity index (χ0n) is 25.4. The lowest BCUT2D eigenvalue weighted by molar-refractivity contribution is -0.147. The minimum Gasteiger partial charge on any atom is -0.466 e. The Kier molecular flexibility index (Phi) is 13.0. The molecule has 0 N–H and O–H groups in total. The second-order valence-electron chi connectivity index (χ2n) is 10.3. The Morgan fingerprint density at radius 3 is 1.69 bits per heavy atom. The highest BCUT2D eigenvalue weighted by Gasteiger charge is 2.33. The number of ether oxygens (including phenoxy) is 4. The zero-order chi connectivity index (χ0) is 31.9. The van der Waals surface area contributed by atoms with E-state index < -0.39 is 34.4 Å². The molecule has 0 aromatic heterocycles. The second kappa shape index (κ2) is 17.4. The number of hydrogen-bond donors (Lipinski definition) is 0. The van der Waals surface area contributed by atoms with E-state index in [2.05, 4.69) is 0 Å². The Bertz CT molecular complexity index is 1570. The number of esters is 1. The molecule has 4 rings (SSSR count). The van der Waals surface area contributed by atoms with Crippen molar-refractivity contribution in [3.05, 3.63) is 150 Å². The number of aryl methyl sites for hydroxylation is 1.